The van der Waals surface area contributed by atoms with Crippen LogP contribution in [0.25, 0.3) is 0 Å². The first-order valence-corrected chi connectivity index (χ1v) is 11.0. The maximum absolute atomic E-state index is 14.1. The molecule has 1 aromatic heterocycles. The highest BCUT2D eigenvalue weighted by molar-refractivity contribution is 7.71. The average Bonchev–Trinajstić information content (AvgIpc) is 3.57. The third-order valence-electron chi connectivity index (χ3n) is 5.98. The largest absolute Gasteiger partial charge is 0.367 e. The maximum atomic E-state index is 14.1. The summed E-state index contributed by atoms with van der Waals surface area (Å²) in [4.78, 5) is 4.47. The van der Waals surface area contributed by atoms with Gasteiger partial charge in [-0.1, -0.05) is 42.5 Å². The van der Waals surface area contributed by atoms with E-state index in [1.54, 1.807) is 6.07 Å². The van der Waals surface area contributed by atoms with Gasteiger partial charge in [-0.25, -0.2) is 9.07 Å². The lowest BCUT2D eigenvalue weighted by Gasteiger charge is -2.35. The van der Waals surface area contributed by atoms with Crippen LogP contribution in [-0.4, -0.2) is 45.4 Å². The summed E-state index contributed by atoms with van der Waals surface area (Å²) in [7, 11) is 0. The number of para-hydroxylation sites is 1. The molecule has 2 aliphatic rings. The molecule has 0 bridgehead atoms. The topological polar surface area (TPSA) is 29.2 Å². The lowest BCUT2D eigenvalue weighted by molar-refractivity contribution is 0.193. The second-order valence-electron chi connectivity index (χ2n) is 8.18. The summed E-state index contributed by atoms with van der Waals surface area (Å²) in [5.41, 5.74) is 1.94. The van der Waals surface area contributed by atoms with Crippen molar-refractivity contribution in [1.82, 2.24) is 19.2 Å². The summed E-state index contributed by atoms with van der Waals surface area (Å²) >= 11 is 5.82. The van der Waals surface area contributed by atoms with Crippen LogP contribution < -0.4 is 4.90 Å². The van der Waals surface area contributed by atoms with Crippen LogP contribution in [0, 0.1) is 10.6 Å². The number of anilines is 1. The summed E-state index contributed by atoms with van der Waals surface area (Å²) in [6.07, 6.45) is 2.39. The Balaban J connectivity index is 1.29. The van der Waals surface area contributed by atoms with Gasteiger partial charge in [0.2, 0.25) is 0 Å². The van der Waals surface area contributed by atoms with Crippen LogP contribution in [0.4, 0.5) is 10.1 Å². The molecular formula is C23H26FN5S. The highest BCUT2D eigenvalue weighted by Gasteiger charge is 2.30. The summed E-state index contributed by atoms with van der Waals surface area (Å²) in [6.45, 7) is 4.78. The van der Waals surface area contributed by atoms with E-state index in [0.717, 1.165) is 43.3 Å². The van der Waals surface area contributed by atoms with Gasteiger partial charge in [-0.05, 0) is 42.8 Å². The van der Waals surface area contributed by atoms with Gasteiger partial charge in [0.25, 0.3) is 0 Å². The minimum Gasteiger partial charge on any atom is -0.367 e. The van der Waals surface area contributed by atoms with Crippen LogP contribution in [0.15, 0.2) is 54.6 Å². The molecule has 0 N–H and O–H groups in total. The molecular weight excluding hydrogens is 397 g/mol. The van der Waals surface area contributed by atoms with Gasteiger partial charge in [0.15, 0.2) is 4.77 Å². The number of hydrogen-bond acceptors (Lipinski definition) is 4. The summed E-state index contributed by atoms with van der Waals surface area (Å²) in [5, 5.41) is 4.91. The van der Waals surface area contributed by atoms with Gasteiger partial charge >= 0.3 is 0 Å². The summed E-state index contributed by atoms with van der Waals surface area (Å²) < 4.78 is 19.1. The van der Waals surface area contributed by atoms with Crippen molar-refractivity contribution in [3.8, 4) is 0 Å². The molecule has 30 heavy (non-hydrogen) atoms. The van der Waals surface area contributed by atoms with E-state index in [-0.39, 0.29) is 5.82 Å². The molecule has 2 heterocycles. The van der Waals surface area contributed by atoms with E-state index in [0.29, 0.717) is 18.3 Å². The molecule has 1 aliphatic heterocycles. The standard InChI is InChI=1S/C23H26FN5S/c24-20-8-4-5-9-21(20)27-14-12-26(13-15-27)17-29-23(30)28(22(25-29)19-10-11-19)16-18-6-2-1-3-7-18/h1-9,19H,10-17H2. The lowest BCUT2D eigenvalue weighted by Crippen LogP contribution is -2.47. The van der Waals surface area contributed by atoms with Crippen LogP contribution in [0.3, 0.4) is 0 Å². The van der Waals surface area contributed by atoms with E-state index in [4.69, 9.17) is 17.3 Å². The molecule has 5 nitrogen and oxygen atoms in total. The third kappa shape index (κ3) is 4.04. The predicted molar refractivity (Wildman–Crippen MR) is 119 cm³/mol. The zero-order valence-electron chi connectivity index (χ0n) is 17.0. The molecule has 0 amide bonds. The van der Waals surface area contributed by atoms with Crippen molar-refractivity contribution < 1.29 is 4.39 Å². The van der Waals surface area contributed by atoms with Crippen LogP contribution in [-0.2, 0) is 13.2 Å². The molecule has 0 atom stereocenters. The molecule has 3 aromatic rings. The van der Waals surface area contributed by atoms with Crippen LogP contribution in [0.2, 0.25) is 0 Å². The summed E-state index contributed by atoms with van der Waals surface area (Å²) in [5.74, 6) is 1.50. The second kappa shape index (κ2) is 8.32. The SMILES string of the molecule is Fc1ccccc1N1CCN(Cn2nc(C3CC3)n(Cc3ccccc3)c2=S)CC1. The van der Waals surface area contributed by atoms with Crippen molar-refractivity contribution in [2.45, 2.75) is 32.0 Å². The highest BCUT2D eigenvalue weighted by Crippen LogP contribution is 2.39. The fourth-order valence-corrected chi connectivity index (χ4v) is 4.39. The van der Waals surface area contributed by atoms with Crippen molar-refractivity contribution in [3.63, 3.8) is 0 Å². The Bertz CT molecular complexity index is 1060. The Hall–Kier alpha value is -2.51. The van der Waals surface area contributed by atoms with E-state index in [9.17, 15) is 4.39 Å². The number of benzene rings is 2. The Morgan fingerprint density at radius 3 is 2.33 bits per heavy atom. The number of rotatable bonds is 6. The van der Waals surface area contributed by atoms with Crippen molar-refractivity contribution >= 4 is 17.9 Å². The molecule has 0 spiro atoms. The normalized spacial score (nSPS) is 17.4. The van der Waals surface area contributed by atoms with Gasteiger partial charge in [-0.2, -0.15) is 5.10 Å². The predicted octanol–water partition coefficient (Wildman–Crippen LogP) is 4.26. The van der Waals surface area contributed by atoms with Gasteiger partial charge in [-0.3, -0.25) is 9.47 Å². The number of aromatic nitrogens is 3. The Morgan fingerprint density at radius 1 is 0.933 bits per heavy atom. The molecule has 0 unspecified atom stereocenters. The third-order valence-corrected chi connectivity index (χ3v) is 6.41. The molecule has 2 fully saturated rings. The number of hydrogen-bond donors (Lipinski definition) is 0. The smallest absolute Gasteiger partial charge is 0.199 e. The van der Waals surface area contributed by atoms with Crippen molar-refractivity contribution in [1.29, 1.82) is 0 Å². The quantitative estimate of drug-likeness (QED) is 0.554. The van der Waals surface area contributed by atoms with E-state index in [2.05, 4.69) is 38.6 Å². The molecule has 1 aliphatic carbocycles. The first-order valence-electron chi connectivity index (χ1n) is 10.6. The van der Waals surface area contributed by atoms with Crippen LogP contribution in [0.1, 0.15) is 30.1 Å². The van der Waals surface area contributed by atoms with Crippen LogP contribution >= 0.6 is 12.2 Å². The Morgan fingerprint density at radius 2 is 1.63 bits per heavy atom. The van der Waals surface area contributed by atoms with E-state index in [1.807, 2.05) is 22.9 Å². The number of piperazine rings is 1. The van der Waals surface area contributed by atoms with Crippen molar-refractivity contribution in [3.05, 3.63) is 76.6 Å². The molecule has 5 rings (SSSR count). The number of halogens is 1. The van der Waals surface area contributed by atoms with E-state index in [1.165, 1.54) is 24.5 Å². The zero-order valence-corrected chi connectivity index (χ0v) is 17.8. The highest BCUT2D eigenvalue weighted by atomic mass is 32.1. The monoisotopic (exact) mass is 423 g/mol. The van der Waals surface area contributed by atoms with Crippen molar-refractivity contribution in [2.75, 3.05) is 31.1 Å². The minimum atomic E-state index is -0.151. The minimum absolute atomic E-state index is 0.151. The van der Waals surface area contributed by atoms with E-state index >= 15 is 0 Å². The van der Waals surface area contributed by atoms with Crippen molar-refractivity contribution in [2.24, 2.45) is 0 Å². The summed E-state index contributed by atoms with van der Waals surface area (Å²) in [6, 6.07) is 17.5. The average molecular weight is 424 g/mol. The lowest BCUT2D eigenvalue weighted by atomic mass is 10.2. The van der Waals surface area contributed by atoms with Gasteiger partial charge in [0.05, 0.1) is 18.9 Å². The molecule has 1 saturated carbocycles. The van der Waals surface area contributed by atoms with Gasteiger partial charge in [-0.15, -0.1) is 0 Å². The molecule has 7 heteroatoms. The fourth-order valence-electron chi connectivity index (χ4n) is 4.14. The molecule has 1 saturated heterocycles. The first-order chi connectivity index (χ1) is 14.7. The van der Waals surface area contributed by atoms with Gasteiger partial charge in [0, 0.05) is 32.1 Å². The number of nitrogens with zero attached hydrogens (tertiary/aromatic N) is 5. The van der Waals surface area contributed by atoms with Crippen LogP contribution in [0.5, 0.6) is 0 Å². The Labute approximate surface area is 181 Å². The van der Waals surface area contributed by atoms with Gasteiger partial charge in [0.1, 0.15) is 11.6 Å². The first kappa shape index (κ1) is 19.5. The Kier molecular flexibility index (Phi) is 5.39. The van der Waals surface area contributed by atoms with Gasteiger partial charge < -0.3 is 4.90 Å². The van der Waals surface area contributed by atoms with E-state index < -0.39 is 0 Å². The second-order valence-corrected chi connectivity index (χ2v) is 8.55. The fraction of sp³-hybridized carbons (Fsp3) is 0.391. The molecule has 2 aromatic carbocycles. The molecule has 156 valence electrons. The maximum Gasteiger partial charge on any atom is 0.199 e. The zero-order chi connectivity index (χ0) is 20.5. The molecule has 0 radical (unpaired) electrons.